The number of anilines is 1. The minimum absolute atomic E-state index is 0.0477. The van der Waals surface area contributed by atoms with Gasteiger partial charge in [0.05, 0.1) is 13.2 Å². The Kier molecular flexibility index (Phi) is 10.2. The standard InChI is InChI=1S/C30H29ClN2O4/c1-4-8-23-15-22(16-24(19-32)30(34)33-26-11-13-27(14-12-26)35-5-2)18-28(36-6-3)29(23)37-20-21-9-7-10-25(31)17-21/h4,7,9-18H,1,5-6,8,20H2,2-3H3,(H,33,34)/b24-16+. The Balaban J connectivity index is 1.88. The zero-order valence-corrected chi connectivity index (χ0v) is 21.7. The number of halogens is 1. The number of carbonyl (C=O) groups is 1. The fourth-order valence-electron chi connectivity index (χ4n) is 3.60. The van der Waals surface area contributed by atoms with Crippen molar-refractivity contribution in [3.8, 4) is 23.3 Å². The van der Waals surface area contributed by atoms with E-state index in [1.54, 1.807) is 42.5 Å². The molecule has 0 radical (unpaired) electrons. The summed E-state index contributed by atoms with van der Waals surface area (Å²) < 4.78 is 17.4. The van der Waals surface area contributed by atoms with Crippen LogP contribution in [0.1, 0.15) is 30.5 Å². The summed E-state index contributed by atoms with van der Waals surface area (Å²) in [4.78, 5) is 12.8. The molecule has 0 aliphatic rings. The highest BCUT2D eigenvalue weighted by atomic mass is 35.5. The quantitative estimate of drug-likeness (QED) is 0.159. The van der Waals surface area contributed by atoms with E-state index in [9.17, 15) is 10.1 Å². The molecule has 37 heavy (non-hydrogen) atoms. The second kappa shape index (κ2) is 13.8. The number of benzene rings is 3. The van der Waals surface area contributed by atoms with Crippen LogP contribution in [0.3, 0.4) is 0 Å². The summed E-state index contributed by atoms with van der Waals surface area (Å²) >= 11 is 6.10. The lowest BCUT2D eigenvalue weighted by Gasteiger charge is -2.17. The van der Waals surface area contributed by atoms with Crippen LogP contribution in [0, 0.1) is 11.3 Å². The van der Waals surface area contributed by atoms with Crippen LogP contribution in [0.5, 0.6) is 17.2 Å². The van der Waals surface area contributed by atoms with Crippen LogP contribution in [0.2, 0.25) is 5.02 Å². The summed E-state index contributed by atoms with van der Waals surface area (Å²) in [5.41, 5.74) is 2.88. The maximum Gasteiger partial charge on any atom is 0.266 e. The summed E-state index contributed by atoms with van der Waals surface area (Å²) in [6.45, 7) is 8.89. The van der Waals surface area contributed by atoms with E-state index < -0.39 is 5.91 Å². The summed E-state index contributed by atoms with van der Waals surface area (Å²) in [7, 11) is 0. The Morgan fingerprint density at radius 2 is 1.81 bits per heavy atom. The van der Waals surface area contributed by atoms with E-state index in [0.29, 0.717) is 59.8 Å². The molecule has 7 heteroatoms. The van der Waals surface area contributed by atoms with Gasteiger partial charge in [-0.05, 0) is 86.0 Å². The number of hydrogen-bond acceptors (Lipinski definition) is 5. The number of nitrogens with zero attached hydrogens (tertiary/aromatic N) is 1. The number of rotatable bonds is 12. The van der Waals surface area contributed by atoms with Crippen LogP contribution in [-0.2, 0) is 17.8 Å². The number of allylic oxidation sites excluding steroid dienone is 1. The fraction of sp³-hybridized carbons (Fsp3) is 0.200. The Hall–Kier alpha value is -4.21. The number of nitriles is 1. The monoisotopic (exact) mass is 516 g/mol. The van der Waals surface area contributed by atoms with Gasteiger partial charge >= 0.3 is 0 Å². The average Bonchev–Trinajstić information content (AvgIpc) is 2.88. The highest BCUT2D eigenvalue weighted by molar-refractivity contribution is 6.30. The molecule has 0 bridgehead atoms. The third-order valence-electron chi connectivity index (χ3n) is 5.19. The molecule has 0 fully saturated rings. The van der Waals surface area contributed by atoms with Crippen LogP contribution >= 0.6 is 11.6 Å². The second-order valence-electron chi connectivity index (χ2n) is 7.93. The molecular formula is C30H29ClN2O4. The van der Waals surface area contributed by atoms with E-state index in [2.05, 4.69) is 11.9 Å². The molecule has 0 unspecified atom stereocenters. The largest absolute Gasteiger partial charge is 0.494 e. The van der Waals surface area contributed by atoms with E-state index in [0.717, 1.165) is 11.1 Å². The SMILES string of the molecule is C=CCc1cc(/C=C(\C#N)C(=O)Nc2ccc(OCC)cc2)cc(OCC)c1OCc1cccc(Cl)c1. The van der Waals surface area contributed by atoms with Crippen LogP contribution in [0.15, 0.2) is 78.9 Å². The van der Waals surface area contributed by atoms with Crippen molar-refractivity contribution in [1.29, 1.82) is 5.26 Å². The Bertz CT molecular complexity index is 1310. The topological polar surface area (TPSA) is 80.6 Å². The maximum absolute atomic E-state index is 12.8. The van der Waals surface area contributed by atoms with Crippen molar-refractivity contribution in [2.24, 2.45) is 0 Å². The Morgan fingerprint density at radius 3 is 2.46 bits per heavy atom. The first-order valence-electron chi connectivity index (χ1n) is 11.9. The number of nitrogens with one attached hydrogen (secondary N) is 1. The highest BCUT2D eigenvalue weighted by Crippen LogP contribution is 2.35. The Morgan fingerprint density at radius 1 is 1.05 bits per heavy atom. The molecule has 1 amide bonds. The molecular weight excluding hydrogens is 488 g/mol. The number of amides is 1. The summed E-state index contributed by atoms with van der Waals surface area (Å²) in [5.74, 6) is 1.28. The summed E-state index contributed by atoms with van der Waals surface area (Å²) in [5, 5.41) is 13.1. The van der Waals surface area contributed by atoms with Crippen molar-refractivity contribution < 1.29 is 19.0 Å². The highest BCUT2D eigenvalue weighted by Gasteiger charge is 2.16. The van der Waals surface area contributed by atoms with Crippen molar-refractivity contribution in [3.05, 3.63) is 101 Å². The summed E-state index contributed by atoms with van der Waals surface area (Å²) in [6, 6.07) is 20.0. The van der Waals surface area contributed by atoms with E-state index in [1.165, 1.54) is 6.08 Å². The molecule has 0 aromatic heterocycles. The number of ether oxygens (including phenoxy) is 3. The first kappa shape index (κ1) is 27.4. The molecule has 1 N–H and O–H groups in total. The molecule has 0 saturated carbocycles. The molecule has 3 aromatic carbocycles. The number of hydrogen-bond donors (Lipinski definition) is 1. The van der Waals surface area contributed by atoms with Gasteiger partial charge < -0.3 is 19.5 Å². The van der Waals surface area contributed by atoms with Crippen molar-refractivity contribution >= 4 is 29.3 Å². The minimum Gasteiger partial charge on any atom is -0.494 e. The van der Waals surface area contributed by atoms with Crippen molar-refractivity contribution in [3.63, 3.8) is 0 Å². The van der Waals surface area contributed by atoms with E-state index in [-0.39, 0.29) is 5.57 Å². The second-order valence-corrected chi connectivity index (χ2v) is 8.37. The molecule has 0 spiro atoms. The van der Waals surface area contributed by atoms with E-state index in [1.807, 2.05) is 44.2 Å². The van der Waals surface area contributed by atoms with Gasteiger partial charge in [-0.3, -0.25) is 4.79 Å². The predicted octanol–water partition coefficient (Wildman–Crippen LogP) is 6.99. The molecule has 0 atom stereocenters. The first-order chi connectivity index (χ1) is 18.0. The fourth-order valence-corrected chi connectivity index (χ4v) is 3.81. The van der Waals surface area contributed by atoms with Crippen LogP contribution in [-0.4, -0.2) is 19.1 Å². The lowest BCUT2D eigenvalue weighted by atomic mass is 10.0. The molecule has 6 nitrogen and oxygen atoms in total. The Labute approximate surface area is 222 Å². The van der Waals surface area contributed by atoms with Crippen molar-refractivity contribution in [1.82, 2.24) is 0 Å². The van der Waals surface area contributed by atoms with Gasteiger partial charge in [-0.1, -0.05) is 29.8 Å². The predicted molar refractivity (Wildman–Crippen MR) is 147 cm³/mol. The lowest BCUT2D eigenvalue weighted by Crippen LogP contribution is -2.13. The molecule has 3 rings (SSSR count). The van der Waals surface area contributed by atoms with Gasteiger partial charge in [-0.2, -0.15) is 5.26 Å². The van der Waals surface area contributed by atoms with Crippen molar-refractivity contribution in [2.75, 3.05) is 18.5 Å². The summed E-state index contributed by atoms with van der Waals surface area (Å²) in [6.07, 6.45) is 3.79. The van der Waals surface area contributed by atoms with Gasteiger partial charge in [-0.25, -0.2) is 0 Å². The van der Waals surface area contributed by atoms with Crippen LogP contribution in [0.4, 0.5) is 5.69 Å². The molecule has 0 aliphatic carbocycles. The third kappa shape index (κ3) is 7.89. The van der Waals surface area contributed by atoms with Crippen molar-refractivity contribution in [2.45, 2.75) is 26.9 Å². The van der Waals surface area contributed by atoms with Crippen LogP contribution < -0.4 is 19.5 Å². The first-order valence-corrected chi connectivity index (χ1v) is 12.3. The van der Waals surface area contributed by atoms with E-state index in [4.69, 9.17) is 25.8 Å². The molecule has 3 aromatic rings. The molecule has 190 valence electrons. The number of carbonyl (C=O) groups excluding carboxylic acids is 1. The van der Waals surface area contributed by atoms with Crippen LogP contribution in [0.25, 0.3) is 6.08 Å². The van der Waals surface area contributed by atoms with E-state index >= 15 is 0 Å². The zero-order valence-electron chi connectivity index (χ0n) is 20.9. The van der Waals surface area contributed by atoms with Gasteiger partial charge in [0.2, 0.25) is 0 Å². The average molecular weight is 517 g/mol. The van der Waals surface area contributed by atoms with Gasteiger partial charge in [0, 0.05) is 16.3 Å². The van der Waals surface area contributed by atoms with Gasteiger partial charge in [0.1, 0.15) is 24.0 Å². The lowest BCUT2D eigenvalue weighted by molar-refractivity contribution is -0.112. The van der Waals surface area contributed by atoms with Gasteiger partial charge in [-0.15, -0.1) is 6.58 Å². The third-order valence-corrected chi connectivity index (χ3v) is 5.42. The smallest absolute Gasteiger partial charge is 0.266 e. The van der Waals surface area contributed by atoms with Gasteiger partial charge in [0.25, 0.3) is 5.91 Å². The molecule has 0 saturated heterocycles. The van der Waals surface area contributed by atoms with Gasteiger partial charge in [0.15, 0.2) is 11.5 Å². The minimum atomic E-state index is -0.517. The molecule has 0 heterocycles. The zero-order chi connectivity index (χ0) is 26.6. The normalized spacial score (nSPS) is 10.8. The maximum atomic E-state index is 12.8. The molecule has 0 aliphatic heterocycles.